The van der Waals surface area contributed by atoms with Gasteiger partial charge in [0, 0.05) is 22.5 Å². The Morgan fingerprint density at radius 1 is 0.458 bits per heavy atom. The molecule has 1 aliphatic rings. The molecule has 0 radical (unpaired) electrons. The first-order valence-electron chi connectivity index (χ1n) is 17.3. The first-order valence-corrected chi connectivity index (χ1v) is 17.3. The molecule has 240 valence electrons. The van der Waals surface area contributed by atoms with Crippen LogP contribution in [0.1, 0.15) is 77.6 Å². The molecule has 1 aliphatic carbocycles. The molecule has 0 saturated heterocycles. The van der Waals surface area contributed by atoms with E-state index in [1.165, 1.54) is 55.6 Å². The molecule has 0 amide bonds. The molecule has 0 aromatic heterocycles. The minimum Gasteiger partial charge on any atom is -0.311 e. The highest BCUT2D eigenvalue weighted by Gasteiger charge is 2.41. The second kappa shape index (κ2) is 11.7. The molecule has 0 aliphatic heterocycles. The highest BCUT2D eigenvalue weighted by atomic mass is 15.1. The highest BCUT2D eigenvalue weighted by molar-refractivity contribution is 5.94. The minimum absolute atomic E-state index is 0.0344. The standard InChI is InChI=1S/C47H47N/c1-45(2,3)35-30-40-43-39(20-15-21-41(43)47(7,8)44(40)42(31-35)46(4,5)6)34-24-28-38(29-25-34)48(36-18-13-10-14-19-36)37-26-22-33(23-27-37)32-16-11-9-12-17-32/h9-31H,1-8H3. The van der Waals surface area contributed by atoms with E-state index in [1.54, 1.807) is 0 Å². The third-order valence-electron chi connectivity index (χ3n) is 10.1. The molecular formula is C47H47N. The molecule has 0 atom stereocenters. The third kappa shape index (κ3) is 5.56. The van der Waals surface area contributed by atoms with Crippen LogP contribution in [0.5, 0.6) is 0 Å². The van der Waals surface area contributed by atoms with Crippen LogP contribution in [0.4, 0.5) is 17.1 Å². The smallest absolute Gasteiger partial charge is 0.0462 e. The van der Waals surface area contributed by atoms with Crippen LogP contribution in [0.3, 0.4) is 0 Å². The van der Waals surface area contributed by atoms with Crippen molar-refractivity contribution in [3.63, 3.8) is 0 Å². The molecule has 0 spiro atoms. The Labute approximate surface area is 287 Å². The van der Waals surface area contributed by atoms with Crippen LogP contribution in [0.2, 0.25) is 0 Å². The van der Waals surface area contributed by atoms with Crippen LogP contribution >= 0.6 is 0 Å². The number of benzene rings is 6. The van der Waals surface area contributed by atoms with Crippen molar-refractivity contribution in [1.82, 2.24) is 0 Å². The van der Waals surface area contributed by atoms with Crippen molar-refractivity contribution in [1.29, 1.82) is 0 Å². The molecule has 7 rings (SSSR count). The lowest BCUT2D eigenvalue weighted by Crippen LogP contribution is -2.24. The Hall–Kier alpha value is -4.88. The fourth-order valence-corrected chi connectivity index (χ4v) is 7.52. The number of rotatable bonds is 5. The van der Waals surface area contributed by atoms with Crippen molar-refractivity contribution in [3.05, 3.63) is 162 Å². The minimum atomic E-state index is -0.0876. The number of hydrogen-bond acceptors (Lipinski definition) is 1. The summed E-state index contributed by atoms with van der Waals surface area (Å²) < 4.78 is 0. The Kier molecular flexibility index (Phi) is 7.71. The lowest BCUT2D eigenvalue weighted by atomic mass is 9.71. The first kappa shape index (κ1) is 31.7. The second-order valence-electron chi connectivity index (χ2n) is 15.9. The average Bonchev–Trinajstić information content (AvgIpc) is 3.31. The summed E-state index contributed by atoms with van der Waals surface area (Å²) in [5.41, 5.74) is 16.9. The highest BCUT2D eigenvalue weighted by Crippen LogP contribution is 2.56. The quantitative estimate of drug-likeness (QED) is 0.184. The number of nitrogens with zero attached hydrogens (tertiary/aromatic N) is 1. The summed E-state index contributed by atoms with van der Waals surface area (Å²) in [6.07, 6.45) is 0. The number of fused-ring (bicyclic) bond motifs is 3. The summed E-state index contributed by atoms with van der Waals surface area (Å²) in [6, 6.07) is 51.2. The van der Waals surface area contributed by atoms with Gasteiger partial charge in [0.1, 0.15) is 0 Å². The predicted octanol–water partition coefficient (Wildman–Crippen LogP) is 13.4. The first-order chi connectivity index (χ1) is 22.8. The molecule has 1 heteroatoms. The van der Waals surface area contributed by atoms with Crippen molar-refractivity contribution in [3.8, 4) is 33.4 Å². The van der Waals surface area contributed by atoms with Gasteiger partial charge in [-0.25, -0.2) is 0 Å². The average molecular weight is 626 g/mol. The van der Waals surface area contributed by atoms with E-state index in [1.807, 2.05) is 0 Å². The SMILES string of the molecule is CC(C)(C)c1cc2c(c(C(C)(C)C)c1)C(C)(C)c1cccc(-c3ccc(N(c4ccccc4)c4ccc(-c5ccccc5)cc4)cc3)c1-2. The molecule has 0 unspecified atom stereocenters. The van der Waals surface area contributed by atoms with Crippen LogP contribution in [0, 0.1) is 0 Å². The van der Waals surface area contributed by atoms with Gasteiger partial charge in [0.25, 0.3) is 0 Å². The van der Waals surface area contributed by atoms with Gasteiger partial charge >= 0.3 is 0 Å². The van der Waals surface area contributed by atoms with Crippen LogP contribution in [0.25, 0.3) is 33.4 Å². The largest absolute Gasteiger partial charge is 0.311 e. The second-order valence-corrected chi connectivity index (χ2v) is 15.9. The van der Waals surface area contributed by atoms with E-state index in [0.29, 0.717) is 0 Å². The summed E-state index contributed by atoms with van der Waals surface area (Å²) in [7, 11) is 0. The Bertz CT molecular complexity index is 2070. The zero-order valence-electron chi connectivity index (χ0n) is 29.7. The van der Waals surface area contributed by atoms with E-state index >= 15 is 0 Å². The van der Waals surface area contributed by atoms with Gasteiger partial charge in [-0.15, -0.1) is 0 Å². The van der Waals surface area contributed by atoms with Crippen LogP contribution in [-0.2, 0) is 16.2 Å². The van der Waals surface area contributed by atoms with E-state index in [4.69, 9.17) is 0 Å². The fourth-order valence-electron chi connectivity index (χ4n) is 7.52. The summed E-state index contributed by atoms with van der Waals surface area (Å²) in [5.74, 6) is 0. The van der Waals surface area contributed by atoms with Crippen LogP contribution in [0.15, 0.2) is 140 Å². The molecule has 6 aromatic rings. The topological polar surface area (TPSA) is 3.24 Å². The Morgan fingerprint density at radius 3 is 1.54 bits per heavy atom. The lowest BCUT2D eigenvalue weighted by molar-refractivity contribution is 0.545. The van der Waals surface area contributed by atoms with Crippen LogP contribution in [-0.4, -0.2) is 0 Å². The van der Waals surface area contributed by atoms with Gasteiger partial charge in [-0.2, -0.15) is 0 Å². The van der Waals surface area contributed by atoms with Gasteiger partial charge in [0.05, 0.1) is 0 Å². The molecule has 0 N–H and O–H groups in total. The number of anilines is 3. The summed E-state index contributed by atoms with van der Waals surface area (Å²) in [5, 5.41) is 0. The van der Waals surface area contributed by atoms with Gasteiger partial charge in [-0.3, -0.25) is 0 Å². The summed E-state index contributed by atoms with van der Waals surface area (Å²) >= 11 is 0. The zero-order valence-corrected chi connectivity index (χ0v) is 29.7. The van der Waals surface area contributed by atoms with Crippen molar-refractivity contribution >= 4 is 17.1 Å². The monoisotopic (exact) mass is 625 g/mol. The van der Waals surface area contributed by atoms with E-state index < -0.39 is 0 Å². The number of para-hydroxylation sites is 1. The van der Waals surface area contributed by atoms with Crippen molar-refractivity contribution in [2.75, 3.05) is 4.90 Å². The maximum atomic E-state index is 2.49. The van der Waals surface area contributed by atoms with Crippen molar-refractivity contribution in [2.45, 2.75) is 71.6 Å². The maximum absolute atomic E-state index is 2.49. The Morgan fingerprint density at radius 2 is 0.979 bits per heavy atom. The molecule has 6 aromatic carbocycles. The third-order valence-corrected chi connectivity index (χ3v) is 10.1. The van der Waals surface area contributed by atoms with Gasteiger partial charge in [0.2, 0.25) is 0 Å². The van der Waals surface area contributed by atoms with E-state index in [0.717, 1.165) is 17.1 Å². The number of hydrogen-bond donors (Lipinski definition) is 0. The fraction of sp³-hybridized carbons (Fsp3) is 0.234. The predicted molar refractivity (Wildman–Crippen MR) is 207 cm³/mol. The normalized spacial score (nSPS) is 13.6. The van der Waals surface area contributed by atoms with Crippen molar-refractivity contribution < 1.29 is 0 Å². The molecule has 1 nitrogen and oxygen atoms in total. The molecule has 0 bridgehead atoms. The van der Waals surface area contributed by atoms with Gasteiger partial charge < -0.3 is 4.90 Å². The maximum Gasteiger partial charge on any atom is 0.0462 e. The summed E-state index contributed by atoms with van der Waals surface area (Å²) in [4.78, 5) is 2.34. The summed E-state index contributed by atoms with van der Waals surface area (Å²) in [6.45, 7) is 18.9. The van der Waals surface area contributed by atoms with Gasteiger partial charge in [-0.05, 0) is 103 Å². The van der Waals surface area contributed by atoms with E-state index in [-0.39, 0.29) is 16.2 Å². The lowest BCUT2D eigenvalue weighted by Gasteiger charge is -2.32. The molecule has 0 fully saturated rings. The van der Waals surface area contributed by atoms with Crippen LogP contribution < -0.4 is 4.90 Å². The van der Waals surface area contributed by atoms with E-state index in [2.05, 4.69) is 200 Å². The molecule has 48 heavy (non-hydrogen) atoms. The molecule has 0 saturated carbocycles. The Balaban J connectivity index is 1.34. The zero-order chi connectivity index (χ0) is 33.8. The van der Waals surface area contributed by atoms with E-state index in [9.17, 15) is 0 Å². The molecule has 0 heterocycles. The van der Waals surface area contributed by atoms with Gasteiger partial charge in [-0.1, -0.05) is 159 Å². The molecular weight excluding hydrogens is 579 g/mol. The van der Waals surface area contributed by atoms with Gasteiger partial charge in [0.15, 0.2) is 0 Å². The van der Waals surface area contributed by atoms with Crippen molar-refractivity contribution in [2.24, 2.45) is 0 Å².